The van der Waals surface area contributed by atoms with E-state index in [2.05, 4.69) is 52.3 Å². The van der Waals surface area contributed by atoms with E-state index in [1.54, 1.807) is 12.3 Å². The number of aryl methyl sites for hydroxylation is 1. The standard InChI is InChI=1S/C26H26FN9O/c1-16-11-17-12-22(18(27)13-20(17)29-16)37-26-31-23(15-25(32-26)36-9-7-35(2)8-10-36)30-24-14-21(33-34-24)19-5-3-4-6-28-19/h3-6,11-15,29H,7-10H2,1-2H3,(H2,30,31,32,33,34). The summed E-state index contributed by atoms with van der Waals surface area (Å²) in [4.78, 5) is 21.1. The Labute approximate surface area is 212 Å². The quantitative estimate of drug-likeness (QED) is 0.314. The summed E-state index contributed by atoms with van der Waals surface area (Å²) in [6.45, 7) is 5.36. The minimum absolute atomic E-state index is 0.0462. The second kappa shape index (κ2) is 9.51. The zero-order valence-electron chi connectivity index (χ0n) is 20.5. The summed E-state index contributed by atoms with van der Waals surface area (Å²) in [5, 5.41) is 11.4. The van der Waals surface area contributed by atoms with E-state index in [-0.39, 0.29) is 11.8 Å². The maximum absolute atomic E-state index is 14.9. The minimum atomic E-state index is -0.496. The molecule has 0 unspecified atom stereocenters. The van der Waals surface area contributed by atoms with Gasteiger partial charge in [0.15, 0.2) is 17.4 Å². The molecule has 0 bridgehead atoms. The number of piperazine rings is 1. The van der Waals surface area contributed by atoms with E-state index in [9.17, 15) is 4.39 Å². The van der Waals surface area contributed by atoms with Gasteiger partial charge in [0.1, 0.15) is 11.6 Å². The van der Waals surface area contributed by atoms with Gasteiger partial charge in [-0.3, -0.25) is 10.1 Å². The van der Waals surface area contributed by atoms with Crippen LogP contribution < -0.4 is 15.0 Å². The lowest BCUT2D eigenvalue weighted by molar-refractivity contribution is 0.311. The summed E-state index contributed by atoms with van der Waals surface area (Å²) in [6.07, 6.45) is 1.73. The van der Waals surface area contributed by atoms with Crippen molar-refractivity contribution in [3.05, 3.63) is 66.2 Å². The van der Waals surface area contributed by atoms with Crippen molar-refractivity contribution in [2.75, 3.05) is 43.4 Å². The third kappa shape index (κ3) is 4.94. The van der Waals surface area contributed by atoms with E-state index >= 15 is 0 Å². The monoisotopic (exact) mass is 499 g/mol. The van der Waals surface area contributed by atoms with E-state index in [4.69, 9.17) is 4.74 Å². The number of benzene rings is 1. The number of aromatic nitrogens is 6. The van der Waals surface area contributed by atoms with Gasteiger partial charge >= 0.3 is 6.01 Å². The van der Waals surface area contributed by atoms with Crippen molar-refractivity contribution in [1.29, 1.82) is 0 Å². The molecule has 10 nitrogen and oxygen atoms in total. The summed E-state index contributed by atoms with van der Waals surface area (Å²) < 4.78 is 20.8. The van der Waals surface area contributed by atoms with Crippen molar-refractivity contribution >= 4 is 28.4 Å². The number of pyridine rings is 1. The van der Waals surface area contributed by atoms with Crippen molar-refractivity contribution in [2.45, 2.75) is 6.92 Å². The van der Waals surface area contributed by atoms with Crippen LogP contribution in [0.25, 0.3) is 22.3 Å². The molecule has 0 saturated carbocycles. The molecule has 1 aliphatic heterocycles. The second-order valence-electron chi connectivity index (χ2n) is 9.12. The number of nitrogens with one attached hydrogen (secondary N) is 3. The molecule has 0 atom stereocenters. The highest BCUT2D eigenvalue weighted by Gasteiger charge is 2.19. The maximum Gasteiger partial charge on any atom is 0.326 e. The average Bonchev–Trinajstić information content (AvgIpc) is 3.50. The Bertz CT molecular complexity index is 1540. The van der Waals surface area contributed by atoms with Gasteiger partial charge in [-0.05, 0) is 38.2 Å². The van der Waals surface area contributed by atoms with Gasteiger partial charge in [0.2, 0.25) is 0 Å². The van der Waals surface area contributed by atoms with Crippen LogP contribution in [-0.2, 0) is 0 Å². The number of aromatic amines is 2. The number of fused-ring (bicyclic) bond motifs is 1. The van der Waals surface area contributed by atoms with Crippen molar-refractivity contribution in [3.63, 3.8) is 0 Å². The first-order chi connectivity index (χ1) is 18.0. The topological polar surface area (TPSA) is 111 Å². The molecule has 0 spiro atoms. The first kappa shape index (κ1) is 22.9. The van der Waals surface area contributed by atoms with Crippen molar-refractivity contribution < 1.29 is 9.13 Å². The lowest BCUT2D eigenvalue weighted by Crippen LogP contribution is -2.44. The van der Waals surface area contributed by atoms with Gasteiger partial charge in [-0.1, -0.05) is 6.07 Å². The zero-order valence-corrected chi connectivity index (χ0v) is 20.5. The Kier molecular flexibility index (Phi) is 5.89. The Morgan fingerprint density at radius 3 is 2.68 bits per heavy atom. The molecule has 6 rings (SSSR count). The molecule has 0 amide bonds. The molecular weight excluding hydrogens is 473 g/mol. The van der Waals surface area contributed by atoms with Gasteiger partial charge in [0.05, 0.1) is 11.4 Å². The average molecular weight is 500 g/mol. The number of ether oxygens (including phenoxy) is 1. The summed E-state index contributed by atoms with van der Waals surface area (Å²) in [6, 6.07) is 14.4. The highest BCUT2D eigenvalue weighted by Crippen LogP contribution is 2.31. The number of rotatable bonds is 6. The molecule has 4 aromatic heterocycles. The largest absolute Gasteiger partial charge is 0.421 e. The Balaban J connectivity index is 1.32. The van der Waals surface area contributed by atoms with Crippen LogP contribution in [-0.4, -0.2) is 68.3 Å². The van der Waals surface area contributed by atoms with Gasteiger partial charge in [0.25, 0.3) is 0 Å². The number of likely N-dealkylation sites (N-methyl/N-ethyl adjacent to an activating group) is 1. The van der Waals surface area contributed by atoms with Gasteiger partial charge in [-0.15, -0.1) is 0 Å². The Morgan fingerprint density at radius 2 is 1.86 bits per heavy atom. The van der Waals surface area contributed by atoms with Crippen molar-refractivity contribution in [2.24, 2.45) is 0 Å². The predicted octanol–water partition coefficient (Wildman–Crippen LogP) is 4.48. The molecule has 1 aromatic carbocycles. The van der Waals surface area contributed by atoms with Crippen molar-refractivity contribution in [1.82, 2.24) is 35.0 Å². The van der Waals surface area contributed by atoms with Crippen LogP contribution in [0.15, 0.2) is 54.7 Å². The molecule has 3 N–H and O–H groups in total. The number of nitrogens with zero attached hydrogens (tertiary/aromatic N) is 6. The second-order valence-corrected chi connectivity index (χ2v) is 9.12. The van der Waals surface area contributed by atoms with E-state index in [0.717, 1.165) is 48.6 Å². The van der Waals surface area contributed by atoms with Gasteiger partial charge in [-0.25, -0.2) is 4.39 Å². The number of anilines is 3. The summed E-state index contributed by atoms with van der Waals surface area (Å²) in [5.74, 6) is 1.30. The minimum Gasteiger partial charge on any atom is -0.421 e. The first-order valence-electron chi connectivity index (χ1n) is 12.0. The van der Waals surface area contributed by atoms with E-state index in [0.29, 0.717) is 23.0 Å². The predicted molar refractivity (Wildman–Crippen MR) is 140 cm³/mol. The summed E-state index contributed by atoms with van der Waals surface area (Å²) >= 11 is 0. The highest BCUT2D eigenvalue weighted by atomic mass is 19.1. The third-order valence-electron chi connectivity index (χ3n) is 6.30. The Hall–Kier alpha value is -4.51. The molecule has 0 aliphatic carbocycles. The van der Waals surface area contributed by atoms with Gasteiger partial charge in [0, 0.05) is 67.2 Å². The van der Waals surface area contributed by atoms with Crippen LogP contribution in [0.3, 0.4) is 0 Å². The fourth-order valence-corrected chi connectivity index (χ4v) is 4.35. The number of hydrogen-bond donors (Lipinski definition) is 3. The molecular formula is C26H26FN9O. The SMILES string of the molecule is Cc1cc2cc(Oc3nc(Nc4cc(-c5ccccn5)[nH]n4)cc(N4CCN(C)CC4)n3)c(F)cc2[nH]1. The van der Waals surface area contributed by atoms with Gasteiger partial charge < -0.3 is 24.8 Å². The Morgan fingerprint density at radius 1 is 1.00 bits per heavy atom. The normalized spacial score (nSPS) is 14.3. The molecule has 188 valence electrons. The zero-order chi connectivity index (χ0) is 25.4. The molecule has 11 heteroatoms. The van der Waals surface area contributed by atoms with Crippen molar-refractivity contribution in [3.8, 4) is 23.1 Å². The molecule has 1 aliphatic rings. The van der Waals surface area contributed by atoms with E-state index in [1.165, 1.54) is 6.07 Å². The van der Waals surface area contributed by atoms with Crippen LogP contribution in [0.4, 0.5) is 21.8 Å². The van der Waals surface area contributed by atoms with Gasteiger partial charge in [-0.2, -0.15) is 15.1 Å². The number of H-pyrrole nitrogens is 2. The molecule has 1 fully saturated rings. The maximum atomic E-state index is 14.9. The summed E-state index contributed by atoms with van der Waals surface area (Å²) in [7, 11) is 2.09. The third-order valence-corrected chi connectivity index (χ3v) is 6.30. The number of halogens is 1. The molecule has 37 heavy (non-hydrogen) atoms. The smallest absolute Gasteiger partial charge is 0.326 e. The van der Waals surface area contributed by atoms with Crippen LogP contribution in [0.5, 0.6) is 11.8 Å². The van der Waals surface area contributed by atoms with Crippen LogP contribution in [0.2, 0.25) is 0 Å². The van der Waals surface area contributed by atoms with Crippen LogP contribution in [0, 0.1) is 12.7 Å². The fraction of sp³-hybridized carbons (Fsp3) is 0.231. The summed E-state index contributed by atoms with van der Waals surface area (Å²) in [5.41, 5.74) is 3.19. The van der Waals surface area contributed by atoms with Crippen LogP contribution >= 0.6 is 0 Å². The fourth-order valence-electron chi connectivity index (χ4n) is 4.35. The van der Waals surface area contributed by atoms with E-state index < -0.39 is 5.82 Å². The van der Waals surface area contributed by atoms with E-state index in [1.807, 2.05) is 43.3 Å². The lowest BCUT2D eigenvalue weighted by Gasteiger charge is -2.33. The number of hydrogen-bond acceptors (Lipinski definition) is 8. The first-order valence-corrected chi connectivity index (χ1v) is 12.0. The van der Waals surface area contributed by atoms with Crippen LogP contribution in [0.1, 0.15) is 5.69 Å². The molecule has 5 aromatic rings. The molecule has 0 radical (unpaired) electrons. The molecule has 5 heterocycles. The molecule has 1 saturated heterocycles. The lowest BCUT2D eigenvalue weighted by atomic mass is 10.2. The highest BCUT2D eigenvalue weighted by molar-refractivity contribution is 5.82.